The average Bonchev–Trinajstić information content (AvgIpc) is 2.85. The van der Waals surface area contributed by atoms with Gasteiger partial charge in [0.1, 0.15) is 5.82 Å². The molecular weight excluding hydrogens is 298 g/mol. The Hall–Kier alpha value is -1.37. The molecule has 1 unspecified atom stereocenters. The molecule has 7 heteroatoms. The van der Waals surface area contributed by atoms with Gasteiger partial charge in [-0.05, 0) is 31.0 Å². The summed E-state index contributed by atoms with van der Waals surface area (Å²) in [4.78, 5) is 6.63. The maximum absolute atomic E-state index is 12.2. The molecular formula is C13H16ClN3O2S. The standard InChI is InChI=1S/C13H16ClN3O2S/c1-3-12(10-4-6-11(14)7-5-10)17-20(18,19)13-8-15-9(2)16-13/h4-8,12,17H,3H2,1-2H3,(H,15,16). The number of H-pyrrole nitrogens is 1. The zero-order valence-electron chi connectivity index (χ0n) is 11.2. The first-order valence-electron chi connectivity index (χ1n) is 6.22. The predicted octanol–water partition coefficient (Wildman–Crippen LogP) is 2.80. The molecule has 1 aromatic heterocycles. The molecule has 0 spiro atoms. The minimum atomic E-state index is -3.61. The first kappa shape index (κ1) is 15.0. The van der Waals surface area contributed by atoms with Crippen LogP contribution in [-0.4, -0.2) is 18.4 Å². The fraction of sp³-hybridized carbons (Fsp3) is 0.308. The number of aromatic amines is 1. The van der Waals surface area contributed by atoms with Crippen LogP contribution in [0.4, 0.5) is 0 Å². The van der Waals surface area contributed by atoms with Crippen molar-refractivity contribution in [3.05, 3.63) is 46.9 Å². The second-order valence-corrected chi connectivity index (χ2v) is 6.59. The predicted molar refractivity (Wildman–Crippen MR) is 78.1 cm³/mol. The highest BCUT2D eigenvalue weighted by Crippen LogP contribution is 2.21. The highest BCUT2D eigenvalue weighted by molar-refractivity contribution is 7.89. The molecule has 1 aromatic carbocycles. The zero-order chi connectivity index (χ0) is 14.8. The van der Waals surface area contributed by atoms with E-state index in [2.05, 4.69) is 14.7 Å². The summed E-state index contributed by atoms with van der Waals surface area (Å²) >= 11 is 5.84. The lowest BCUT2D eigenvalue weighted by molar-refractivity contribution is 0.547. The van der Waals surface area contributed by atoms with Crippen LogP contribution in [0.2, 0.25) is 5.02 Å². The molecule has 2 aromatic rings. The second kappa shape index (κ2) is 5.95. The topological polar surface area (TPSA) is 74.8 Å². The van der Waals surface area contributed by atoms with Gasteiger partial charge in [-0.2, -0.15) is 0 Å². The van der Waals surface area contributed by atoms with Crippen LogP contribution in [0.1, 0.15) is 30.8 Å². The Morgan fingerprint density at radius 3 is 2.50 bits per heavy atom. The lowest BCUT2D eigenvalue weighted by Crippen LogP contribution is -2.28. The van der Waals surface area contributed by atoms with Gasteiger partial charge < -0.3 is 4.98 Å². The summed E-state index contributed by atoms with van der Waals surface area (Å²) in [6.07, 6.45) is 1.94. The van der Waals surface area contributed by atoms with Gasteiger partial charge in [0.25, 0.3) is 10.0 Å². The number of halogens is 1. The van der Waals surface area contributed by atoms with Crippen LogP contribution in [0, 0.1) is 6.92 Å². The third kappa shape index (κ3) is 3.39. The number of hydrogen-bond donors (Lipinski definition) is 2. The van der Waals surface area contributed by atoms with Crippen molar-refractivity contribution in [2.24, 2.45) is 0 Å². The first-order valence-corrected chi connectivity index (χ1v) is 8.08. The molecule has 0 amide bonds. The Labute approximate surface area is 123 Å². The number of imidazole rings is 1. The number of nitrogens with one attached hydrogen (secondary N) is 2. The number of benzene rings is 1. The number of aromatic nitrogens is 2. The van der Waals surface area contributed by atoms with Gasteiger partial charge in [0.15, 0.2) is 5.03 Å². The monoisotopic (exact) mass is 313 g/mol. The maximum atomic E-state index is 12.2. The van der Waals surface area contributed by atoms with Crippen LogP contribution in [0.15, 0.2) is 35.5 Å². The third-order valence-electron chi connectivity index (χ3n) is 2.95. The van der Waals surface area contributed by atoms with E-state index < -0.39 is 10.0 Å². The molecule has 20 heavy (non-hydrogen) atoms. The van der Waals surface area contributed by atoms with Crippen molar-refractivity contribution >= 4 is 21.6 Å². The lowest BCUT2D eigenvalue weighted by Gasteiger charge is -2.16. The van der Waals surface area contributed by atoms with Crippen LogP contribution < -0.4 is 4.72 Å². The second-order valence-electron chi connectivity index (χ2n) is 4.47. The molecule has 0 saturated carbocycles. The SMILES string of the molecule is CCC(NS(=O)(=O)c1cnc(C)[nH]1)c1ccc(Cl)cc1. The van der Waals surface area contributed by atoms with Crippen LogP contribution in [0.3, 0.4) is 0 Å². The average molecular weight is 314 g/mol. The van der Waals surface area contributed by atoms with Gasteiger partial charge >= 0.3 is 0 Å². The van der Waals surface area contributed by atoms with E-state index in [1.165, 1.54) is 6.20 Å². The molecule has 2 N–H and O–H groups in total. The Balaban J connectivity index is 2.24. The van der Waals surface area contributed by atoms with Crippen molar-refractivity contribution in [1.82, 2.24) is 14.7 Å². The fourth-order valence-electron chi connectivity index (χ4n) is 1.87. The Bertz CT molecular complexity index is 680. The van der Waals surface area contributed by atoms with Crippen molar-refractivity contribution in [2.75, 3.05) is 0 Å². The van der Waals surface area contributed by atoms with Crippen molar-refractivity contribution < 1.29 is 8.42 Å². The highest BCUT2D eigenvalue weighted by Gasteiger charge is 2.21. The van der Waals surface area contributed by atoms with Crippen LogP contribution in [0.5, 0.6) is 0 Å². The number of hydrogen-bond acceptors (Lipinski definition) is 3. The zero-order valence-corrected chi connectivity index (χ0v) is 12.8. The molecule has 0 bridgehead atoms. The summed E-state index contributed by atoms with van der Waals surface area (Å²) in [6, 6.07) is 6.82. The van der Waals surface area contributed by atoms with Crippen molar-refractivity contribution in [3.8, 4) is 0 Å². The number of rotatable bonds is 5. The van der Waals surface area contributed by atoms with Crippen molar-refractivity contribution in [1.29, 1.82) is 0 Å². The Kier molecular flexibility index (Phi) is 4.47. The summed E-state index contributed by atoms with van der Waals surface area (Å²) in [5, 5.41) is 0.693. The van der Waals surface area contributed by atoms with E-state index >= 15 is 0 Å². The normalized spacial score (nSPS) is 13.3. The highest BCUT2D eigenvalue weighted by atomic mass is 35.5. The van der Waals surface area contributed by atoms with Crippen molar-refractivity contribution in [2.45, 2.75) is 31.3 Å². The van der Waals surface area contributed by atoms with E-state index in [1.807, 2.05) is 19.1 Å². The third-order valence-corrected chi connectivity index (χ3v) is 4.58. The molecule has 0 fully saturated rings. The van der Waals surface area contributed by atoms with E-state index in [-0.39, 0.29) is 11.1 Å². The maximum Gasteiger partial charge on any atom is 0.258 e. The summed E-state index contributed by atoms with van der Waals surface area (Å²) in [5.74, 6) is 0.560. The number of aryl methyl sites for hydroxylation is 1. The van der Waals surface area contributed by atoms with E-state index in [0.29, 0.717) is 17.3 Å². The van der Waals surface area contributed by atoms with E-state index in [4.69, 9.17) is 11.6 Å². The fourth-order valence-corrected chi connectivity index (χ4v) is 3.27. The van der Waals surface area contributed by atoms with E-state index in [1.54, 1.807) is 19.1 Å². The molecule has 5 nitrogen and oxygen atoms in total. The first-order chi connectivity index (χ1) is 9.42. The van der Waals surface area contributed by atoms with Gasteiger partial charge in [0.2, 0.25) is 0 Å². The quantitative estimate of drug-likeness (QED) is 0.891. The smallest absolute Gasteiger partial charge is 0.258 e. The molecule has 0 aliphatic carbocycles. The van der Waals surface area contributed by atoms with Crippen LogP contribution in [-0.2, 0) is 10.0 Å². The molecule has 0 aliphatic heterocycles. The van der Waals surface area contributed by atoms with E-state index in [9.17, 15) is 8.42 Å². The molecule has 108 valence electrons. The van der Waals surface area contributed by atoms with Gasteiger partial charge in [-0.3, -0.25) is 0 Å². The molecule has 2 rings (SSSR count). The Morgan fingerprint density at radius 1 is 1.35 bits per heavy atom. The lowest BCUT2D eigenvalue weighted by atomic mass is 10.1. The molecule has 0 radical (unpaired) electrons. The minimum absolute atomic E-state index is 0.0717. The van der Waals surface area contributed by atoms with Crippen LogP contribution >= 0.6 is 11.6 Å². The van der Waals surface area contributed by atoms with Gasteiger partial charge in [0.05, 0.1) is 6.20 Å². The summed E-state index contributed by atoms with van der Waals surface area (Å²) < 4.78 is 27.2. The van der Waals surface area contributed by atoms with E-state index in [0.717, 1.165) is 5.56 Å². The molecule has 0 aliphatic rings. The molecule has 1 heterocycles. The van der Waals surface area contributed by atoms with Crippen LogP contribution in [0.25, 0.3) is 0 Å². The van der Waals surface area contributed by atoms with Gasteiger partial charge in [0, 0.05) is 11.1 Å². The summed E-state index contributed by atoms with van der Waals surface area (Å²) in [7, 11) is -3.61. The number of nitrogens with zero attached hydrogens (tertiary/aromatic N) is 1. The summed E-state index contributed by atoms with van der Waals surface area (Å²) in [6.45, 7) is 3.62. The summed E-state index contributed by atoms with van der Waals surface area (Å²) in [5.41, 5.74) is 0.872. The van der Waals surface area contributed by atoms with Crippen molar-refractivity contribution in [3.63, 3.8) is 0 Å². The minimum Gasteiger partial charge on any atom is -0.332 e. The van der Waals surface area contributed by atoms with Gasteiger partial charge in [-0.15, -0.1) is 0 Å². The Morgan fingerprint density at radius 2 is 2.00 bits per heavy atom. The largest absolute Gasteiger partial charge is 0.332 e. The molecule has 0 saturated heterocycles. The van der Waals surface area contributed by atoms with Gasteiger partial charge in [-0.1, -0.05) is 30.7 Å². The number of sulfonamides is 1. The van der Waals surface area contributed by atoms with Gasteiger partial charge in [-0.25, -0.2) is 18.1 Å². The molecule has 1 atom stereocenters.